The predicted molar refractivity (Wildman–Crippen MR) is 82.4 cm³/mol. The van der Waals surface area contributed by atoms with Crippen LogP contribution in [-0.4, -0.2) is 6.54 Å². The van der Waals surface area contributed by atoms with E-state index in [1.807, 2.05) is 38.1 Å². The highest BCUT2D eigenvalue weighted by atomic mass is 19.1. The van der Waals surface area contributed by atoms with Gasteiger partial charge in [-0.25, -0.2) is 8.78 Å². The van der Waals surface area contributed by atoms with Crippen LogP contribution in [0.3, 0.4) is 0 Å². The molecule has 0 saturated carbocycles. The van der Waals surface area contributed by atoms with Crippen molar-refractivity contribution in [2.45, 2.75) is 33.2 Å². The normalized spacial score (nSPS) is 12.4. The van der Waals surface area contributed by atoms with E-state index in [4.69, 9.17) is 0 Å². The van der Waals surface area contributed by atoms with E-state index >= 15 is 0 Å². The van der Waals surface area contributed by atoms with Gasteiger partial charge in [0.05, 0.1) is 0 Å². The zero-order chi connectivity index (χ0) is 15.4. The first kappa shape index (κ1) is 15.6. The molecule has 1 atom stereocenters. The summed E-state index contributed by atoms with van der Waals surface area (Å²) in [5.74, 6) is -0.988. The molecule has 1 unspecified atom stereocenters. The molecule has 0 fully saturated rings. The van der Waals surface area contributed by atoms with Crippen LogP contribution in [0.4, 0.5) is 8.78 Å². The maximum atomic E-state index is 14.1. The number of halogens is 2. The summed E-state index contributed by atoms with van der Waals surface area (Å²) in [6, 6.07) is 10.6. The molecule has 0 aliphatic carbocycles. The van der Waals surface area contributed by atoms with E-state index in [0.717, 1.165) is 18.2 Å². The van der Waals surface area contributed by atoms with Gasteiger partial charge in [0, 0.05) is 17.7 Å². The van der Waals surface area contributed by atoms with Gasteiger partial charge in [-0.3, -0.25) is 0 Å². The van der Waals surface area contributed by atoms with E-state index in [9.17, 15) is 8.78 Å². The van der Waals surface area contributed by atoms with Gasteiger partial charge in [-0.05, 0) is 44.0 Å². The molecular weight excluding hydrogens is 268 g/mol. The number of benzene rings is 2. The molecule has 1 N–H and O–H groups in total. The maximum absolute atomic E-state index is 14.1. The molecule has 0 spiro atoms. The molecule has 0 aliphatic rings. The molecule has 0 saturated heterocycles. The third kappa shape index (κ3) is 3.88. The van der Waals surface area contributed by atoms with Crippen LogP contribution in [0.25, 0.3) is 0 Å². The molecule has 2 rings (SSSR count). The summed E-state index contributed by atoms with van der Waals surface area (Å²) in [6.45, 7) is 6.41. The molecule has 0 aliphatic heterocycles. The molecule has 1 nitrogen and oxygen atoms in total. The van der Waals surface area contributed by atoms with Crippen molar-refractivity contribution >= 4 is 0 Å². The Balaban J connectivity index is 2.30. The largest absolute Gasteiger partial charge is 0.310 e. The van der Waals surface area contributed by atoms with Crippen molar-refractivity contribution in [3.63, 3.8) is 0 Å². The molecule has 0 radical (unpaired) electrons. The summed E-state index contributed by atoms with van der Waals surface area (Å²) in [5, 5.41) is 3.29. The SMILES string of the molecule is CCNC(Cc1ccc(C)cc1)c1cc(C)c(F)cc1F. The molecular formula is C18H21F2N. The zero-order valence-corrected chi connectivity index (χ0v) is 12.7. The zero-order valence-electron chi connectivity index (χ0n) is 12.7. The molecule has 2 aromatic rings. The minimum Gasteiger partial charge on any atom is -0.310 e. The summed E-state index contributed by atoms with van der Waals surface area (Å²) >= 11 is 0. The Morgan fingerprint density at radius 1 is 1.00 bits per heavy atom. The summed E-state index contributed by atoms with van der Waals surface area (Å²) in [5.41, 5.74) is 3.32. The topological polar surface area (TPSA) is 12.0 Å². The molecule has 3 heteroatoms. The van der Waals surface area contributed by atoms with Crippen LogP contribution in [0.5, 0.6) is 0 Å². The van der Waals surface area contributed by atoms with Crippen molar-refractivity contribution in [3.8, 4) is 0 Å². The Bertz CT molecular complexity index is 605. The molecule has 0 bridgehead atoms. The van der Waals surface area contributed by atoms with E-state index in [0.29, 0.717) is 17.5 Å². The fraction of sp³-hybridized carbons (Fsp3) is 0.333. The number of aryl methyl sites for hydroxylation is 2. The van der Waals surface area contributed by atoms with Crippen LogP contribution in [0.15, 0.2) is 36.4 Å². The van der Waals surface area contributed by atoms with Gasteiger partial charge < -0.3 is 5.32 Å². The first-order valence-corrected chi connectivity index (χ1v) is 7.25. The third-order valence-electron chi connectivity index (χ3n) is 3.66. The number of rotatable bonds is 5. The van der Waals surface area contributed by atoms with Gasteiger partial charge in [0.2, 0.25) is 0 Å². The first-order chi connectivity index (χ1) is 10.0. The quantitative estimate of drug-likeness (QED) is 0.856. The van der Waals surface area contributed by atoms with Crippen LogP contribution in [0.2, 0.25) is 0 Å². The highest BCUT2D eigenvalue weighted by Crippen LogP contribution is 2.24. The Kier molecular flexibility index (Phi) is 5.07. The van der Waals surface area contributed by atoms with Gasteiger partial charge >= 0.3 is 0 Å². The molecule has 2 aromatic carbocycles. The predicted octanol–water partition coefficient (Wildman–Crippen LogP) is 4.47. The van der Waals surface area contributed by atoms with Crippen LogP contribution in [0, 0.1) is 25.5 Å². The van der Waals surface area contributed by atoms with Crippen LogP contribution in [-0.2, 0) is 6.42 Å². The standard InChI is InChI=1S/C18H21F2N/c1-4-21-18(10-14-7-5-12(2)6-8-14)15-9-13(3)16(19)11-17(15)20/h5-9,11,18,21H,4,10H2,1-3H3. The van der Waals surface area contributed by atoms with Crippen LogP contribution >= 0.6 is 0 Å². The van der Waals surface area contributed by atoms with Crippen LogP contribution in [0.1, 0.15) is 35.2 Å². The van der Waals surface area contributed by atoms with Crippen molar-refractivity contribution < 1.29 is 8.78 Å². The molecule has 21 heavy (non-hydrogen) atoms. The second-order valence-electron chi connectivity index (χ2n) is 5.42. The van der Waals surface area contributed by atoms with Crippen molar-refractivity contribution in [1.82, 2.24) is 5.32 Å². The number of hydrogen-bond acceptors (Lipinski definition) is 1. The van der Waals surface area contributed by atoms with E-state index in [1.165, 1.54) is 5.56 Å². The summed E-state index contributed by atoms with van der Waals surface area (Å²) in [4.78, 5) is 0. The summed E-state index contributed by atoms with van der Waals surface area (Å²) in [7, 11) is 0. The maximum Gasteiger partial charge on any atom is 0.130 e. The Labute approximate surface area is 125 Å². The van der Waals surface area contributed by atoms with Crippen LogP contribution < -0.4 is 5.32 Å². The fourth-order valence-electron chi connectivity index (χ4n) is 2.44. The van der Waals surface area contributed by atoms with Gasteiger partial charge in [-0.1, -0.05) is 36.8 Å². The highest BCUT2D eigenvalue weighted by molar-refractivity contribution is 5.30. The molecule has 0 heterocycles. The second-order valence-corrected chi connectivity index (χ2v) is 5.42. The smallest absolute Gasteiger partial charge is 0.130 e. The summed E-state index contributed by atoms with van der Waals surface area (Å²) < 4.78 is 27.5. The van der Waals surface area contributed by atoms with Gasteiger partial charge in [0.15, 0.2) is 0 Å². The van der Waals surface area contributed by atoms with Crippen molar-refractivity contribution in [2.75, 3.05) is 6.54 Å². The van der Waals surface area contributed by atoms with Gasteiger partial charge in [0.25, 0.3) is 0 Å². The van der Waals surface area contributed by atoms with Crippen molar-refractivity contribution in [1.29, 1.82) is 0 Å². The molecule has 112 valence electrons. The number of nitrogens with one attached hydrogen (secondary N) is 1. The monoisotopic (exact) mass is 289 g/mol. The minimum atomic E-state index is -0.498. The lowest BCUT2D eigenvalue weighted by atomic mass is 9.96. The fourth-order valence-corrected chi connectivity index (χ4v) is 2.44. The summed E-state index contributed by atoms with van der Waals surface area (Å²) in [6.07, 6.45) is 0.677. The van der Waals surface area contributed by atoms with Gasteiger partial charge in [-0.15, -0.1) is 0 Å². The Morgan fingerprint density at radius 3 is 2.29 bits per heavy atom. The second kappa shape index (κ2) is 6.81. The lowest BCUT2D eigenvalue weighted by Gasteiger charge is -2.20. The lowest BCUT2D eigenvalue weighted by molar-refractivity contribution is 0.500. The van der Waals surface area contributed by atoms with Gasteiger partial charge in [0.1, 0.15) is 11.6 Å². The lowest BCUT2D eigenvalue weighted by Crippen LogP contribution is -2.24. The van der Waals surface area contributed by atoms with E-state index in [-0.39, 0.29) is 6.04 Å². The van der Waals surface area contributed by atoms with Gasteiger partial charge in [-0.2, -0.15) is 0 Å². The number of hydrogen-bond donors (Lipinski definition) is 1. The highest BCUT2D eigenvalue weighted by Gasteiger charge is 2.17. The average Bonchev–Trinajstić information content (AvgIpc) is 2.45. The van der Waals surface area contributed by atoms with Crippen molar-refractivity contribution in [2.24, 2.45) is 0 Å². The Hall–Kier alpha value is -1.74. The van der Waals surface area contributed by atoms with Crippen molar-refractivity contribution in [3.05, 3.63) is 70.3 Å². The third-order valence-corrected chi connectivity index (χ3v) is 3.66. The van der Waals surface area contributed by atoms with E-state index < -0.39 is 11.6 Å². The number of likely N-dealkylation sites (N-methyl/N-ethyl adjacent to an activating group) is 1. The molecule has 0 aromatic heterocycles. The Morgan fingerprint density at radius 2 is 1.67 bits per heavy atom. The average molecular weight is 289 g/mol. The molecule has 0 amide bonds. The minimum absolute atomic E-state index is 0.156. The van der Waals surface area contributed by atoms with E-state index in [2.05, 4.69) is 5.32 Å². The van der Waals surface area contributed by atoms with E-state index in [1.54, 1.807) is 13.0 Å². The first-order valence-electron chi connectivity index (χ1n) is 7.25.